The highest BCUT2D eigenvalue weighted by molar-refractivity contribution is 5.97. The number of halogens is 3. The minimum absolute atomic E-state index is 0.00365. The summed E-state index contributed by atoms with van der Waals surface area (Å²) in [5.41, 5.74) is 6.42. The second kappa shape index (κ2) is 9.92. The molecule has 4 N–H and O–H groups in total. The quantitative estimate of drug-likeness (QED) is 0.576. The molecule has 0 bridgehead atoms. The van der Waals surface area contributed by atoms with Gasteiger partial charge in [-0.3, -0.25) is 9.59 Å². The van der Waals surface area contributed by atoms with Gasteiger partial charge in [0, 0.05) is 38.2 Å². The first kappa shape index (κ1) is 24.1. The summed E-state index contributed by atoms with van der Waals surface area (Å²) in [5.74, 6) is -1.21. The second-order valence-corrected chi connectivity index (χ2v) is 7.90. The average molecular weight is 465 g/mol. The number of hydrogen-bond acceptors (Lipinski definition) is 7. The van der Waals surface area contributed by atoms with Crippen LogP contribution in [0.2, 0.25) is 0 Å². The summed E-state index contributed by atoms with van der Waals surface area (Å²) in [4.78, 5) is 35.6. The Balaban J connectivity index is 1.76. The largest absolute Gasteiger partial charge is 0.405 e. The number of hydrogen-bond donors (Lipinski definition) is 3. The number of aromatic nitrogens is 2. The molecule has 2 aromatic rings. The fourth-order valence-corrected chi connectivity index (χ4v) is 3.60. The highest BCUT2D eigenvalue weighted by Crippen LogP contribution is 2.28. The Morgan fingerprint density at radius 1 is 1.21 bits per heavy atom. The van der Waals surface area contributed by atoms with Gasteiger partial charge in [-0.05, 0) is 43.5 Å². The van der Waals surface area contributed by atoms with Crippen LogP contribution in [0.5, 0.6) is 0 Å². The third-order valence-electron chi connectivity index (χ3n) is 5.19. The zero-order valence-corrected chi connectivity index (χ0v) is 18.3. The van der Waals surface area contributed by atoms with Crippen molar-refractivity contribution in [3.05, 3.63) is 36.0 Å². The van der Waals surface area contributed by atoms with Crippen LogP contribution in [-0.2, 0) is 4.79 Å². The number of piperidine rings is 1. The number of primary amides is 1. The number of likely N-dealkylation sites (N-methyl/N-ethyl adjacent to an activating group) is 1. The van der Waals surface area contributed by atoms with Crippen molar-refractivity contribution in [1.82, 2.24) is 14.9 Å². The molecule has 1 aromatic heterocycles. The Morgan fingerprint density at radius 3 is 2.52 bits per heavy atom. The topological polar surface area (TPSA) is 116 Å². The molecule has 1 unspecified atom stereocenters. The molecule has 2 heterocycles. The lowest BCUT2D eigenvalue weighted by Crippen LogP contribution is -2.49. The molecule has 33 heavy (non-hydrogen) atoms. The number of nitrogens with two attached hydrogens (primary N) is 1. The van der Waals surface area contributed by atoms with Crippen LogP contribution in [0.15, 0.2) is 30.5 Å². The van der Waals surface area contributed by atoms with Gasteiger partial charge in [0.25, 0.3) is 5.91 Å². The van der Waals surface area contributed by atoms with E-state index in [0.717, 1.165) is 37.7 Å². The molecule has 1 aliphatic heterocycles. The number of carbonyl (C=O) groups is 2. The van der Waals surface area contributed by atoms with E-state index < -0.39 is 18.6 Å². The minimum Gasteiger partial charge on any atom is -0.365 e. The Hall–Kier alpha value is -3.57. The van der Waals surface area contributed by atoms with E-state index in [2.05, 4.69) is 25.5 Å². The van der Waals surface area contributed by atoms with Crippen molar-refractivity contribution in [1.29, 1.82) is 0 Å². The van der Waals surface area contributed by atoms with E-state index >= 15 is 0 Å². The molecule has 12 heteroatoms. The fraction of sp³-hybridized carbons (Fsp3) is 0.429. The van der Waals surface area contributed by atoms with Crippen LogP contribution in [-0.4, -0.2) is 66.1 Å². The summed E-state index contributed by atoms with van der Waals surface area (Å²) in [6.07, 6.45) is -0.668. The Bertz CT molecular complexity index is 996. The van der Waals surface area contributed by atoms with E-state index in [1.54, 1.807) is 31.1 Å². The molecule has 0 aliphatic carbocycles. The molecule has 3 rings (SSSR count). The highest BCUT2D eigenvalue weighted by Gasteiger charge is 2.30. The van der Waals surface area contributed by atoms with Crippen molar-refractivity contribution in [3.8, 4) is 0 Å². The lowest BCUT2D eigenvalue weighted by molar-refractivity contribution is -0.130. The monoisotopic (exact) mass is 465 g/mol. The number of carbonyl (C=O) groups excluding carboxylic acids is 2. The molecule has 1 saturated heterocycles. The average Bonchev–Trinajstić information content (AvgIpc) is 2.77. The molecule has 1 aliphatic rings. The zero-order valence-electron chi connectivity index (χ0n) is 18.3. The van der Waals surface area contributed by atoms with Gasteiger partial charge < -0.3 is 26.2 Å². The van der Waals surface area contributed by atoms with Crippen molar-refractivity contribution >= 4 is 35.0 Å². The first-order valence-electron chi connectivity index (χ1n) is 10.4. The summed E-state index contributed by atoms with van der Waals surface area (Å²) in [6, 6.07) is 7.00. The SMILES string of the molecule is CN(C)C(=O)C1CCCCN1c1ccc(Nc2ncc(C(N)=O)c(NCC(F)(F)F)n2)cc1. The Labute approximate surface area is 189 Å². The van der Waals surface area contributed by atoms with Crippen molar-refractivity contribution in [2.24, 2.45) is 5.73 Å². The number of amides is 2. The van der Waals surface area contributed by atoms with Crippen LogP contribution in [0.4, 0.5) is 36.3 Å². The number of nitrogens with one attached hydrogen (secondary N) is 2. The van der Waals surface area contributed by atoms with Gasteiger partial charge in [-0.1, -0.05) is 0 Å². The number of benzene rings is 1. The van der Waals surface area contributed by atoms with Gasteiger partial charge in [-0.2, -0.15) is 18.2 Å². The number of nitrogens with zero attached hydrogens (tertiary/aromatic N) is 4. The zero-order chi connectivity index (χ0) is 24.2. The van der Waals surface area contributed by atoms with E-state index in [1.807, 2.05) is 12.1 Å². The fourth-order valence-electron chi connectivity index (χ4n) is 3.60. The summed E-state index contributed by atoms with van der Waals surface area (Å²) >= 11 is 0. The van der Waals surface area contributed by atoms with Crippen LogP contribution in [0.3, 0.4) is 0 Å². The minimum atomic E-state index is -4.50. The molecular weight excluding hydrogens is 439 g/mol. The van der Waals surface area contributed by atoms with Gasteiger partial charge in [0.05, 0.1) is 5.56 Å². The first-order valence-corrected chi connectivity index (χ1v) is 10.4. The van der Waals surface area contributed by atoms with Gasteiger partial charge in [-0.15, -0.1) is 0 Å². The van der Waals surface area contributed by atoms with E-state index in [1.165, 1.54) is 0 Å². The molecule has 1 atom stereocenters. The molecular formula is C21H26F3N7O2. The maximum atomic E-state index is 12.6. The van der Waals surface area contributed by atoms with Gasteiger partial charge in [0.1, 0.15) is 18.4 Å². The summed E-state index contributed by atoms with van der Waals surface area (Å²) in [7, 11) is 3.48. The van der Waals surface area contributed by atoms with Gasteiger partial charge in [-0.25, -0.2) is 4.98 Å². The lowest BCUT2D eigenvalue weighted by Gasteiger charge is -2.37. The normalized spacial score (nSPS) is 16.3. The van der Waals surface area contributed by atoms with Gasteiger partial charge in [0.15, 0.2) is 0 Å². The molecule has 1 fully saturated rings. The molecule has 0 saturated carbocycles. The van der Waals surface area contributed by atoms with E-state index in [0.29, 0.717) is 5.69 Å². The van der Waals surface area contributed by atoms with Crippen molar-refractivity contribution in [2.75, 3.05) is 42.7 Å². The molecule has 0 spiro atoms. The standard InChI is InChI=1S/C21H26F3N7O2/c1-30(2)19(33)16-5-3-4-10-31(16)14-8-6-13(7-9-14)28-20-26-11-15(17(25)32)18(29-20)27-12-21(22,23)24/h6-9,11,16H,3-5,10,12H2,1-2H3,(H2,25,32)(H2,26,27,28,29). The smallest absolute Gasteiger partial charge is 0.365 e. The van der Waals surface area contributed by atoms with Crippen LogP contribution in [0.25, 0.3) is 0 Å². The Morgan fingerprint density at radius 2 is 1.91 bits per heavy atom. The third-order valence-corrected chi connectivity index (χ3v) is 5.19. The van der Waals surface area contributed by atoms with Crippen molar-refractivity contribution in [3.63, 3.8) is 0 Å². The second-order valence-electron chi connectivity index (χ2n) is 7.90. The van der Waals surface area contributed by atoms with E-state index in [-0.39, 0.29) is 29.3 Å². The maximum Gasteiger partial charge on any atom is 0.405 e. The summed E-state index contributed by atoms with van der Waals surface area (Å²) in [5, 5.41) is 4.98. The van der Waals surface area contributed by atoms with E-state index in [9.17, 15) is 22.8 Å². The maximum absolute atomic E-state index is 12.6. The highest BCUT2D eigenvalue weighted by atomic mass is 19.4. The predicted molar refractivity (Wildman–Crippen MR) is 118 cm³/mol. The van der Waals surface area contributed by atoms with Crippen LogP contribution < -0.4 is 21.3 Å². The predicted octanol–water partition coefficient (Wildman–Crippen LogP) is 2.74. The summed E-state index contributed by atoms with van der Waals surface area (Å²) in [6.45, 7) is -0.607. The van der Waals surface area contributed by atoms with Gasteiger partial charge in [0.2, 0.25) is 11.9 Å². The third kappa shape index (κ3) is 6.24. The number of anilines is 4. The van der Waals surface area contributed by atoms with Crippen LogP contribution in [0, 0.1) is 0 Å². The lowest BCUT2D eigenvalue weighted by atomic mass is 10.00. The van der Waals surface area contributed by atoms with Crippen LogP contribution >= 0.6 is 0 Å². The summed E-state index contributed by atoms with van der Waals surface area (Å²) < 4.78 is 37.7. The van der Waals surface area contributed by atoms with Crippen molar-refractivity contribution < 1.29 is 22.8 Å². The first-order chi connectivity index (χ1) is 15.5. The van der Waals surface area contributed by atoms with Crippen LogP contribution in [0.1, 0.15) is 29.6 Å². The molecule has 1 aromatic carbocycles. The van der Waals surface area contributed by atoms with Crippen molar-refractivity contribution in [2.45, 2.75) is 31.5 Å². The molecule has 178 valence electrons. The number of rotatable bonds is 7. The molecule has 2 amide bonds. The Kier molecular flexibility index (Phi) is 7.24. The van der Waals surface area contributed by atoms with Gasteiger partial charge >= 0.3 is 6.18 Å². The van der Waals surface area contributed by atoms with E-state index in [4.69, 9.17) is 5.73 Å². The number of alkyl halides is 3. The molecule has 9 nitrogen and oxygen atoms in total. The molecule has 0 radical (unpaired) electrons.